The first-order valence-corrected chi connectivity index (χ1v) is 9.99. The third-order valence-corrected chi connectivity index (χ3v) is 4.52. The van der Waals surface area contributed by atoms with Crippen LogP contribution in [0.25, 0.3) is 0 Å². The second-order valence-corrected chi connectivity index (χ2v) is 7.01. The lowest BCUT2D eigenvalue weighted by molar-refractivity contribution is -0.139. The highest BCUT2D eigenvalue weighted by molar-refractivity contribution is 7.80. The van der Waals surface area contributed by atoms with Gasteiger partial charge in [-0.15, -0.1) is 0 Å². The summed E-state index contributed by atoms with van der Waals surface area (Å²) in [6, 6.07) is 5.38. The molecule has 0 heterocycles. The fourth-order valence-corrected chi connectivity index (χ4v) is 2.76. The van der Waals surface area contributed by atoms with Gasteiger partial charge in [0, 0.05) is 18.6 Å². The second-order valence-electron chi connectivity index (χ2n) is 6.65. The molecule has 0 spiro atoms. The summed E-state index contributed by atoms with van der Waals surface area (Å²) in [6.45, 7) is -0.620. The molecule has 0 aliphatic carbocycles. The van der Waals surface area contributed by atoms with Crippen molar-refractivity contribution in [3.05, 3.63) is 35.9 Å². The maximum Gasteiger partial charge on any atom is 0.322 e. The molecule has 0 bridgehead atoms. The van der Waals surface area contributed by atoms with E-state index in [-0.39, 0.29) is 25.0 Å². The smallest absolute Gasteiger partial charge is 0.322 e. The molecule has 0 radical (unpaired) electrons. The molecule has 1 rings (SSSR count). The number of benzene rings is 1. The van der Waals surface area contributed by atoms with E-state index in [1.807, 2.05) is 0 Å². The van der Waals surface area contributed by atoms with E-state index in [4.69, 9.17) is 15.9 Å². The van der Waals surface area contributed by atoms with Crippen LogP contribution >= 0.6 is 12.6 Å². The van der Waals surface area contributed by atoms with E-state index in [0.29, 0.717) is 0 Å². The van der Waals surface area contributed by atoms with Gasteiger partial charge < -0.3 is 31.9 Å². The van der Waals surface area contributed by atoms with Crippen LogP contribution in [0.2, 0.25) is 0 Å². The maximum absolute atomic E-state index is 12.6. The molecular weight excluding hydrogens is 428 g/mol. The molecule has 11 nitrogen and oxygen atoms in total. The number of rotatable bonds is 13. The van der Waals surface area contributed by atoms with Crippen LogP contribution in [0.5, 0.6) is 0 Å². The number of carbonyl (C=O) groups is 5. The van der Waals surface area contributed by atoms with E-state index < -0.39 is 54.3 Å². The number of aliphatic carboxylic acids is 2. The van der Waals surface area contributed by atoms with Crippen LogP contribution in [0.3, 0.4) is 0 Å². The molecular formula is C19H26N4O7S. The van der Waals surface area contributed by atoms with Crippen LogP contribution in [0.4, 0.5) is 0 Å². The van der Waals surface area contributed by atoms with Crippen LogP contribution in [0.1, 0.15) is 18.4 Å². The highest BCUT2D eigenvalue weighted by Crippen LogP contribution is 2.05. The number of thiol groups is 1. The number of carboxylic acids is 2. The number of nitrogens with two attached hydrogens (primary N) is 1. The summed E-state index contributed by atoms with van der Waals surface area (Å²) in [5, 5.41) is 24.5. The van der Waals surface area contributed by atoms with Crippen molar-refractivity contribution < 1.29 is 34.2 Å². The molecule has 1 aromatic rings. The molecule has 1 aromatic carbocycles. The van der Waals surface area contributed by atoms with E-state index in [0.717, 1.165) is 5.56 Å². The van der Waals surface area contributed by atoms with Gasteiger partial charge in [-0.1, -0.05) is 30.3 Å². The van der Waals surface area contributed by atoms with Crippen LogP contribution < -0.4 is 21.7 Å². The molecule has 0 saturated carbocycles. The van der Waals surface area contributed by atoms with Crippen molar-refractivity contribution in [1.82, 2.24) is 16.0 Å². The largest absolute Gasteiger partial charge is 0.481 e. The minimum atomic E-state index is -1.24. The van der Waals surface area contributed by atoms with Crippen molar-refractivity contribution >= 4 is 42.3 Å². The number of hydrogen-bond acceptors (Lipinski definition) is 7. The maximum atomic E-state index is 12.6. The van der Waals surface area contributed by atoms with Crippen molar-refractivity contribution in [3.8, 4) is 0 Å². The lowest BCUT2D eigenvalue weighted by atomic mass is 10.0. The molecule has 7 N–H and O–H groups in total. The van der Waals surface area contributed by atoms with E-state index in [1.54, 1.807) is 30.3 Å². The topological polar surface area (TPSA) is 188 Å². The van der Waals surface area contributed by atoms with Gasteiger partial charge in [0.2, 0.25) is 17.7 Å². The van der Waals surface area contributed by atoms with Gasteiger partial charge in [-0.2, -0.15) is 12.6 Å². The van der Waals surface area contributed by atoms with Crippen molar-refractivity contribution in [3.63, 3.8) is 0 Å². The minimum absolute atomic E-state index is 0.0867. The average Bonchev–Trinajstić information content (AvgIpc) is 2.73. The summed E-state index contributed by atoms with van der Waals surface area (Å²) in [5.41, 5.74) is 6.36. The number of carbonyl (C=O) groups excluding carboxylic acids is 3. The summed E-state index contributed by atoms with van der Waals surface area (Å²) in [4.78, 5) is 58.5. The highest BCUT2D eigenvalue weighted by atomic mass is 32.1. The molecule has 12 heteroatoms. The van der Waals surface area contributed by atoms with Crippen LogP contribution in [-0.2, 0) is 30.4 Å². The predicted molar refractivity (Wildman–Crippen MR) is 113 cm³/mol. The summed E-state index contributed by atoms with van der Waals surface area (Å²) in [7, 11) is 0. The fourth-order valence-electron chi connectivity index (χ4n) is 2.50. The zero-order chi connectivity index (χ0) is 23.4. The molecule has 3 atom stereocenters. The Morgan fingerprint density at radius 3 is 2.06 bits per heavy atom. The van der Waals surface area contributed by atoms with Crippen LogP contribution in [0, 0.1) is 0 Å². The normalized spacial score (nSPS) is 13.4. The number of carboxylic acid groups (broad SMARTS) is 2. The monoisotopic (exact) mass is 454 g/mol. The Balaban J connectivity index is 2.83. The Morgan fingerprint density at radius 2 is 1.52 bits per heavy atom. The van der Waals surface area contributed by atoms with Crippen LogP contribution in [-0.4, -0.2) is 70.3 Å². The molecule has 0 fully saturated rings. The second kappa shape index (κ2) is 13.2. The lowest BCUT2D eigenvalue weighted by Gasteiger charge is -2.23. The number of hydrogen-bond donors (Lipinski definition) is 7. The van der Waals surface area contributed by atoms with Gasteiger partial charge in [-0.3, -0.25) is 24.0 Å². The zero-order valence-corrected chi connectivity index (χ0v) is 17.5. The molecule has 3 amide bonds. The van der Waals surface area contributed by atoms with E-state index in [9.17, 15) is 24.0 Å². The Morgan fingerprint density at radius 1 is 0.903 bits per heavy atom. The third-order valence-electron chi connectivity index (χ3n) is 4.15. The first-order chi connectivity index (χ1) is 14.6. The molecule has 31 heavy (non-hydrogen) atoms. The Bertz CT molecular complexity index is 791. The summed E-state index contributed by atoms with van der Waals surface area (Å²) < 4.78 is 0. The highest BCUT2D eigenvalue weighted by Gasteiger charge is 2.28. The SMILES string of the molecule is NC(CCC(=O)O)C(=O)NC(CS)C(=O)NC(Cc1ccccc1)C(=O)NCC(=O)O. The molecule has 0 aliphatic heterocycles. The quantitative estimate of drug-likeness (QED) is 0.176. The predicted octanol–water partition coefficient (Wildman–Crippen LogP) is -1.48. The molecule has 0 saturated heterocycles. The Labute approximate surface area is 184 Å². The van der Waals surface area contributed by atoms with E-state index >= 15 is 0 Å². The van der Waals surface area contributed by atoms with Gasteiger partial charge in [0.05, 0.1) is 6.04 Å². The lowest BCUT2D eigenvalue weighted by Crippen LogP contribution is -2.57. The van der Waals surface area contributed by atoms with Gasteiger partial charge in [0.1, 0.15) is 18.6 Å². The van der Waals surface area contributed by atoms with Crippen molar-refractivity contribution in [1.29, 1.82) is 0 Å². The third kappa shape index (κ3) is 9.96. The molecule has 170 valence electrons. The van der Waals surface area contributed by atoms with Gasteiger partial charge in [-0.05, 0) is 12.0 Å². The van der Waals surface area contributed by atoms with Crippen molar-refractivity contribution in [2.24, 2.45) is 5.73 Å². The van der Waals surface area contributed by atoms with Gasteiger partial charge in [0.25, 0.3) is 0 Å². The fraction of sp³-hybridized carbons (Fsp3) is 0.421. The molecule has 3 unspecified atom stereocenters. The average molecular weight is 455 g/mol. The molecule has 0 aliphatic rings. The van der Waals surface area contributed by atoms with Gasteiger partial charge in [-0.25, -0.2) is 0 Å². The van der Waals surface area contributed by atoms with E-state index in [1.165, 1.54) is 0 Å². The summed E-state index contributed by atoms with van der Waals surface area (Å²) >= 11 is 4.04. The number of nitrogens with one attached hydrogen (secondary N) is 3. The van der Waals surface area contributed by atoms with Crippen LogP contribution in [0.15, 0.2) is 30.3 Å². The summed E-state index contributed by atoms with van der Waals surface area (Å²) in [6.07, 6.45) is -0.338. The summed E-state index contributed by atoms with van der Waals surface area (Å²) in [5.74, 6) is -4.62. The zero-order valence-electron chi connectivity index (χ0n) is 16.6. The molecule has 0 aromatic heterocycles. The minimum Gasteiger partial charge on any atom is -0.481 e. The van der Waals surface area contributed by atoms with Gasteiger partial charge >= 0.3 is 11.9 Å². The standard InChI is InChI=1S/C19H26N4O7S/c20-12(6-7-15(24)25)17(28)23-14(10-31)19(30)22-13(18(29)21-9-16(26)27)8-11-4-2-1-3-5-11/h1-5,12-14,31H,6-10,20H2,(H,21,29)(H,22,30)(H,23,28)(H,24,25)(H,26,27). The number of amides is 3. The first-order valence-electron chi connectivity index (χ1n) is 9.36. The Hall–Kier alpha value is -3.12. The van der Waals surface area contributed by atoms with E-state index in [2.05, 4.69) is 28.6 Å². The van der Waals surface area contributed by atoms with Crippen molar-refractivity contribution in [2.75, 3.05) is 12.3 Å². The first kappa shape index (κ1) is 25.9. The Kier molecular flexibility index (Phi) is 11.1. The van der Waals surface area contributed by atoms with Gasteiger partial charge in [0.15, 0.2) is 0 Å². The van der Waals surface area contributed by atoms with Crippen molar-refractivity contribution in [2.45, 2.75) is 37.4 Å².